The van der Waals surface area contributed by atoms with Gasteiger partial charge in [0.1, 0.15) is 23.0 Å². The van der Waals surface area contributed by atoms with Crippen molar-refractivity contribution in [3.05, 3.63) is 77.4 Å². The van der Waals surface area contributed by atoms with E-state index in [4.69, 9.17) is 14.2 Å². The van der Waals surface area contributed by atoms with Gasteiger partial charge in [0, 0.05) is 25.8 Å². The van der Waals surface area contributed by atoms with Crippen molar-refractivity contribution in [3.63, 3.8) is 0 Å². The molecule has 3 aromatic carbocycles. The van der Waals surface area contributed by atoms with Gasteiger partial charge in [0.05, 0.1) is 49.5 Å². The number of aliphatic hydroxyl groups is 1. The number of hydrogen-bond donors (Lipinski definition) is 2. The molecule has 2 N–H and O–H groups in total. The number of ether oxygens (including phenoxy) is 3. The monoisotopic (exact) mass is 528 g/mol. The number of ketones is 1. The van der Waals surface area contributed by atoms with Gasteiger partial charge >= 0.3 is 5.91 Å². The minimum absolute atomic E-state index is 0.0952. The van der Waals surface area contributed by atoms with Gasteiger partial charge in [-0.2, -0.15) is 0 Å². The lowest BCUT2D eigenvalue weighted by atomic mass is 9.94. The fraction of sp³-hybridized carbons (Fsp3) is 0.207. The molecule has 0 aliphatic carbocycles. The summed E-state index contributed by atoms with van der Waals surface area (Å²) in [5.74, 6) is -0.518. The van der Waals surface area contributed by atoms with Crippen molar-refractivity contribution in [2.45, 2.75) is 6.04 Å². The molecule has 1 aliphatic heterocycles. The number of amides is 1. The molecule has 1 saturated heterocycles. The molecule has 4 aromatic rings. The van der Waals surface area contributed by atoms with Crippen molar-refractivity contribution in [2.75, 3.05) is 45.2 Å². The van der Waals surface area contributed by atoms with E-state index in [0.29, 0.717) is 33.8 Å². The van der Waals surface area contributed by atoms with Crippen LogP contribution >= 0.6 is 0 Å². The highest BCUT2D eigenvalue weighted by atomic mass is 16.5. The predicted octanol–water partition coefficient (Wildman–Crippen LogP) is 4.28. The number of carbonyl (C=O) groups is 2. The summed E-state index contributed by atoms with van der Waals surface area (Å²) in [6, 6.07) is 16.6. The Kier molecular flexibility index (Phi) is 6.61. The van der Waals surface area contributed by atoms with Crippen LogP contribution in [0.4, 0.5) is 11.6 Å². The molecule has 0 bridgehead atoms. The highest BCUT2D eigenvalue weighted by molar-refractivity contribution is 6.51. The number of rotatable bonds is 7. The number of Topliss-reactive ketones (excluding diaryl/α,β-unsaturated/α-hetero) is 1. The van der Waals surface area contributed by atoms with E-state index in [1.165, 1.54) is 19.1 Å². The Morgan fingerprint density at radius 2 is 1.59 bits per heavy atom. The highest BCUT2D eigenvalue weighted by Crippen LogP contribution is 2.43. The van der Waals surface area contributed by atoms with Crippen molar-refractivity contribution in [2.24, 2.45) is 0 Å². The van der Waals surface area contributed by atoms with Crippen molar-refractivity contribution in [3.8, 4) is 17.2 Å². The number of carbonyl (C=O) groups excluding carboxylic acids is 2. The molecule has 1 aliphatic rings. The van der Waals surface area contributed by atoms with Crippen LogP contribution < -0.4 is 24.0 Å². The summed E-state index contributed by atoms with van der Waals surface area (Å²) < 4.78 is 16.1. The van der Waals surface area contributed by atoms with Crippen LogP contribution in [0.3, 0.4) is 0 Å². The molecule has 2 heterocycles. The second-order valence-electron chi connectivity index (χ2n) is 9.16. The smallest absolute Gasteiger partial charge is 0.302 e. The maximum absolute atomic E-state index is 13.6. The van der Waals surface area contributed by atoms with E-state index in [0.717, 1.165) is 5.69 Å². The molecule has 1 atom stereocenters. The SMILES string of the molecule is COc1ccc(OC)c(/C(O)=C2\C(=O)C(=O)N(c3nc4ccc(OC)cc4[nH]3)C2c2ccc(N(C)C)cc2)c1. The van der Waals surface area contributed by atoms with E-state index in [2.05, 4.69) is 9.97 Å². The average Bonchev–Trinajstić information content (AvgIpc) is 3.49. The van der Waals surface area contributed by atoms with Gasteiger partial charge in [0.2, 0.25) is 5.95 Å². The summed E-state index contributed by atoms with van der Waals surface area (Å²) in [7, 11) is 8.34. The molecule has 1 fully saturated rings. The first-order chi connectivity index (χ1) is 18.8. The van der Waals surface area contributed by atoms with Crippen LogP contribution in [-0.2, 0) is 9.59 Å². The molecular formula is C29H28N4O6. The molecule has 39 heavy (non-hydrogen) atoms. The van der Waals surface area contributed by atoms with Crippen molar-refractivity contribution < 1.29 is 28.9 Å². The number of hydrogen-bond acceptors (Lipinski definition) is 8. The third-order valence-electron chi connectivity index (χ3n) is 6.74. The van der Waals surface area contributed by atoms with Crippen LogP contribution in [0.2, 0.25) is 0 Å². The van der Waals surface area contributed by atoms with Crippen molar-refractivity contribution >= 4 is 40.1 Å². The number of aliphatic hydroxyl groups excluding tert-OH is 1. The number of H-pyrrole nitrogens is 1. The third-order valence-corrected chi connectivity index (χ3v) is 6.74. The predicted molar refractivity (Wildman–Crippen MR) is 148 cm³/mol. The summed E-state index contributed by atoms with van der Waals surface area (Å²) in [5.41, 5.74) is 2.88. The van der Waals surface area contributed by atoms with E-state index < -0.39 is 17.7 Å². The lowest BCUT2D eigenvalue weighted by molar-refractivity contribution is -0.132. The second-order valence-corrected chi connectivity index (χ2v) is 9.16. The van der Waals surface area contributed by atoms with Gasteiger partial charge in [-0.25, -0.2) is 4.98 Å². The molecule has 1 amide bonds. The third kappa shape index (κ3) is 4.39. The van der Waals surface area contributed by atoms with E-state index in [-0.39, 0.29) is 22.8 Å². The Hall–Kier alpha value is -4.99. The largest absolute Gasteiger partial charge is 0.507 e. The summed E-state index contributed by atoms with van der Waals surface area (Å²) >= 11 is 0. The van der Waals surface area contributed by atoms with E-state index >= 15 is 0 Å². The number of imidazole rings is 1. The van der Waals surface area contributed by atoms with Crippen LogP contribution in [0.25, 0.3) is 16.8 Å². The molecule has 1 aromatic heterocycles. The van der Waals surface area contributed by atoms with Crippen LogP contribution in [0.1, 0.15) is 17.2 Å². The molecular weight excluding hydrogens is 500 g/mol. The number of aromatic amines is 1. The first-order valence-electron chi connectivity index (χ1n) is 12.1. The van der Waals surface area contributed by atoms with Crippen LogP contribution in [0.15, 0.2) is 66.2 Å². The summed E-state index contributed by atoms with van der Waals surface area (Å²) in [5, 5.41) is 11.6. The normalized spacial score (nSPS) is 16.5. The first-order valence-corrected chi connectivity index (χ1v) is 12.1. The quantitative estimate of drug-likeness (QED) is 0.207. The number of fused-ring (bicyclic) bond motifs is 1. The number of anilines is 2. The second kappa shape index (κ2) is 10.1. The summed E-state index contributed by atoms with van der Waals surface area (Å²) in [4.78, 5) is 38.1. The van der Waals surface area contributed by atoms with Gasteiger partial charge in [-0.05, 0) is 48.0 Å². The van der Waals surface area contributed by atoms with Gasteiger partial charge in [-0.3, -0.25) is 14.5 Å². The van der Waals surface area contributed by atoms with E-state index in [1.807, 2.05) is 43.3 Å². The Morgan fingerprint density at radius 3 is 2.23 bits per heavy atom. The maximum Gasteiger partial charge on any atom is 0.302 e. The number of nitrogens with one attached hydrogen (secondary N) is 1. The minimum atomic E-state index is -0.973. The average molecular weight is 529 g/mol. The van der Waals surface area contributed by atoms with Gasteiger partial charge in [-0.15, -0.1) is 0 Å². The molecule has 0 radical (unpaired) electrons. The molecule has 5 rings (SSSR count). The van der Waals surface area contributed by atoms with Crippen LogP contribution in [-0.4, -0.2) is 62.2 Å². The van der Waals surface area contributed by atoms with Crippen LogP contribution in [0.5, 0.6) is 17.2 Å². The molecule has 10 heteroatoms. The van der Waals surface area contributed by atoms with Gasteiger partial charge in [0.25, 0.3) is 5.78 Å². The van der Waals surface area contributed by atoms with Gasteiger partial charge < -0.3 is 29.2 Å². The number of nitrogens with zero attached hydrogens (tertiary/aromatic N) is 3. The van der Waals surface area contributed by atoms with Gasteiger partial charge in [-0.1, -0.05) is 12.1 Å². The van der Waals surface area contributed by atoms with Crippen molar-refractivity contribution in [1.29, 1.82) is 0 Å². The molecule has 0 saturated carbocycles. The Labute approximate surface area is 225 Å². The standard InChI is InChI=1S/C29H28N4O6/c1-32(2)17-8-6-16(7-9-17)25-24(26(34)20-14-18(37-3)11-13-23(20)39-5)27(35)28(36)33(25)29-30-21-12-10-19(38-4)15-22(21)31-29/h6-15,25,34H,1-5H3,(H,30,31)/b26-24+. The molecule has 10 nitrogen and oxygen atoms in total. The molecule has 1 unspecified atom stereocenters. The number of aromatic nitrogens is 2. The molecule has 200 valence electrons. The van der Waals surface area contributed by atoms with E-state index in [9.17, 15) is 14.7 Å². The Bertz CT molecular complexity index is 1610. The maximum atomic E-state index is 13.6. The Morgan fingerprint density at radius 1 is 0.923 bits per heavy atom. The lowest BCUT2D eigenvalue weighted by Crippen LogP contribution is -2.30. The van der Waals surface area contributed by atoms with Crippen molar-refractivity contribution in [1.82, 2.24) is 9.97 Å². The number of benzene rings is 3. The zero-order valence-corrected chi connectivity index (χ0v) is 22.2. The molecule has 0 spiro atoms. The number of methoxy groups -OCH3 is 3. The zero-order chi connectivity index (χ0) is 27.8. The lowest BCUT2D eigenvalue weighted by Gasteiger charge is -2.24. The fourth-order valence-electron chi connectivity index (χ4n) is 4.68. The topological polar surface area (TPSA) is 117 Å². The van der Waals surface area contributed by atoms with Crippen LogP contribution in [0, 0.1) is 0 Å². The van der Waals surface area contributed by atoms with Gasteiger partial charge in [0.15, 0.2) is 0 Å². The first kappa shape index (κ1) is 25.7. The minimum Gasteiger partial charge on any atom is -0.507 e. The zero-order valence-electron chi connectivity index (χ0n) is 22.2. The Balaban J connectivity index is 1.74. The van der Waals surface area contributed by atoms with E-state index in [1.54, 1.807) is 43.5 Å². The summed E-state index contributed by atoms with van der Waals surface area (Å²) in [6.07, 6.45) is 0. The highest BCUT2D eigenvalue weighted by Gasteiger charge is 2.48. The summed E-state index contributed by atoms with van der Waals surface area (Å²) in [6.45, 7) is 0. The fourth-order valence-corrected chi connectivity index (χ4v) is 4.68.